The van der Waals surface area contributed by atoms with E-state index >= 15 is 0 Å². The fraction of sp³-hybridized carbons (Fsp3) is 0.444. The molecule has 0 bridgehead atoms. The third-order valence-electron chi connectivity index (χ3n) is 4.46. The number of aromatic nitrogens is 2. The van der Waals surface area contributed by atoms with E-state index in [1.54, 1.807) is 4.90 Å². The molecule has 25 heavy (non-hydrogen) atoms. The van der Waals surface area contributed by atoms with Gasteiger partial charge in [-0.05, 0) is 43.5 Å². The van der Waals surface area contributed by atoms with E-state index in [1.165, 1.54) is 16.9 Å². The van der Waals surface area contributed by atoms with Crippen molar-refractivity contribution >= 4 is 34.0 Å². The van der Waals surface area contributed by atoms with Crippen molar-refractivity contribution in [1.82, 2.24) is 10.2 Å². The highest BCUT2D eigenvalue weighted by molar-refractivity contribution is 7.15. The molecule has 1 N–H and O–H groups in total. The van der Waals surface area contributed by atoms with Crippen molar-refractivity contribution in [3.8, 4) is 0 Å². The van der Waals surface area contributed by atoms with Gasteiger partial charge in [-0.15, -0.1) is 10.2 Å². The molecule has 1 atom stereocenters. The zero-order chi connectivity index (χ0) is 18.0. The van der Waals surface area contributed by atoms with E-state index in [1.807, 2.05) is 32.0 Å². The van der Waals surface area contributed by atoms with Crippen LogP contribution in [0.3, 0.4) is 0 Å². The number of nitrogens with zero attached hydrogens (tertiary/aromatic N) is 3. The van der Waals surface area contributed by atoms with Crippen molar-refractivity contribution in [1.29, 1.82) is 0 Å². The number of benzene rings is 1. The first-order valence-electron chi connectivity index (χ1n) is 8.48. The average Bonchev–Trinajstić information content (AvgIpc) is 3.17. The lowest BCUT2D eigenvalue weighted by molar-refractivity contribution is -0.122. The smallest absolute Gasteiger partial charge is 0.231 e. The monoisotopic (exact) mass is 358 g/mol. The first kappa shape index (κ1) is 17.5. The topological polar surface area (TPSA) is 75.2 Å². The average molecular weight is 358 g/mol. The van der Waals surface area contributed by atoms with Crippen molar-refractivity contribution < 1.29 is 9.59 Å². The molecule has 2 amide bonds. The van der Waals surface area contributed by atoms with Gasteiger partial charge in [-0.3, -0.25) is 9.59 Å². The Morgan fingerprint density at radius 2 is 2.12 bits per heavy atom. The van der Waals surface area contributed by atoms with Crippen LogP contribution < -0.4 is 10.2 Å². The Hall–Kier alpha value is -2.28. The summed E-state index contributed by atoms with van der Waals surface area (Å²) in [6, 6.07) is 5.93. The Labute approximate surface area is 151 Å². The maximum absolute atomic E-state index is 12.5. The number of nitrogens with one attached hydrogen (secondary N) is 1. The van der Waals surface area contributed by atoms with Gasteiger partial charge in [0, 0.05) is 25.1 Å². The Balaban J connectivity index is 1.66. The number of aryl methyl sites for hydroxylation is 3. The fourth-order valence-corrected chi connectivity index (χ4v) is 3.70. The van der Waals surface area contributed by atoms with Gasteiger partial charge < -0.3 is 10.2 Å². The van der Waals surface area contributed by atoms with Gasteiger partial charge >= 0.3 is 0 Å². The van der Waals surface area contributed by atoms with Crippen molar-refractivity contribution in [2.45, 2.75) is 40.0 Å². The molecule has 0 radical (unpaired) electrons. The van der Waals surface area contributed by atoms with Crippen LogP contribution in [0.4, 0.5) is 10.8 Å². The molecular formula is C18H22N4O2S. The van der Waals surface area contributed by atoms with E-state index in [4.69, 9.17) is 0 Å². The second-order valence-electron chi connectivity index (χ2n) is 6.41. The third-order valence-corrected chi connectivity index (χ3v) is 5.36. The van der Waals surface area contributed by atoms with E-state index < -0.39 is 0 Å². The molecule has 1 fully saturated rings. The minimum absolute atomic E-state index is 0.0210. The summed E-state index contributed by atoms with van der Waals surface area (Å²) in [5.41, 5.74) is 3.17. The molecule has 7 heteroatoms. The predicted molar refractivity (Wildman–Crippen MR) is 98.9 cm³/mol. The highest BCUT2D eigenvalue weighted by Gasteiger charge is 2.35. The summed E-state index contributed by atoms with van der Waals surface area (Å²) in [6.07, 6.45) is 2.07. The molecule has 1 saturated heterocycles. The van der Waals surface area contributed by atoms with Crippen LogP contribution in [0.1, 0.15) is 35.9 Å². The molecule has 1 aromatic heterocycles. The molecule has 1 aliphatic rings. The fourth-order valence-electron chi connectivity index (χ4n) is 2.85. The largest absolute Gasteiger partial charge is 0.312 e. The quantitative estimate of drug-likeness (QED) is 0.891. The normalized spacial score (nSPS) is 17.2. The van der Waals surface area contributed by atoms with E-state index in [9.17, 15) is 9.59 Å². The minimum atomic E-state index is -0.368. The van der Waals surface area contributed by atoms with Crippen LogP contribution >= 0.6 is 11.3 Å². The minimum Gasteiger partial charge on any atom is -0.312 e. The maximum Gasteiger partial charge on any atom is 0.231 e. The first-order valence-corrected chi connectivity index (χ1v) is 9.30. The highest BCUT2D eigenvalue weighted by atomic mass is 32.1. The Bertz CT molecular complexity index is 802. The number of rotatable bonds is 5. The first-order chi connectivity index (χ1) is 12.0. The maximum atomic E-state index is 12.5. The van der Waals surface area contributed by atoms with E-state index in [0.29, 0.717) is 11.7 Å². The molecule has 1 unspecified atom stereocenters. The van der Waals surface area contributed by atoms with Crippen molar-refractivity contribution in [2.24, 2.45) is 5.92 Å². The van der Waals surface area contributed by atoms with Gasteiger partial charge in [-0.2, -0.15) is 0 Å². The molecule has 1 aliphatic heterocycles. The lowest BCUT2D eigenvalue weighted by Crippen LogP contribution is -2.28. The molecule has 3 rings (SSSR count). The van der Waals surface area contributed by atoms with Gasteiger partial charge in [0.1, 0.15) is 5.01 Å². The van der Waals surface area contributed by atoms with Crippen molar-refractivity contribution in [3.63, 3.8) is 0 Å². The van der Waals surface area contributed by atoms with Crippen molar-refractivity contribution in [2.75, 3.05) is 16.8 Å². The second-order valence-corrected chi connectivity index (χ2v) is 7.48. The lowest BCUT2D eigenvalue weighted by Gasteiger charge is -2.17. The summed E-state index contributed by atoms with van der Waals surface area (Å²) in [5, 5.41) is 12.3. The molecule has 1 aromatic carbocycles. The summed E-state index contributed by atoms with van der Waals surface area (Å²) < 4.78 is 0. The van der Waals surface area contributed by atoms with Crippen LogP contribution in [0, 0.1) is 19.8 Å². The summed E-state index contributed by atoms with van der Waals surface area (Å²) in [6.45, 7) is 6.53. The molecule has 132 valence electrons. The summed E-state index contributed by atoms with van der Waals surface area (Å²) in [5.74, 6) is -0.557. The van der Waals surface area contributed by atoms with Crippen LogP contribution in [0.15, 0.2) is 18.2 Å². The second kappa shape index (κ2) is 7.31. The highest BCUT2D eigenvalue weighted by Crippen LogP contribution is 2.28. The number of carbonyl (C=O) groups excluding carboxylic acids is 2. The van der Waals surface area contributed by atoms with Gasteiger partial charge in [-0.1, -0.05) is 24.3 Å². The molecule has 0 aliphatic carbocycles. The summed E-state index contributed by atoms with van der Waals surface area (Å²) >= 11 is 1.39. The molecule has 6 nitrogen and oxygen atoms in total. The molecule has 0 saturated carbocycles. The van der Waals surface area contributed by atoms with Crippen molar-refractivity contribution in [3.05, 3.63) is 34.3 Å². The lowest BCUT2D eigenvalue weighted by atomic mass is 10.1. The van der Waals surface area contributed by atoms with Crippen LogP contribution in [0.25, 0.3) is 0 Å². The zero-order valence-corrected chi connectivity index (χ0v) is 15.5. The number of anilines is 2. The third kappa shape index (κ3) is 3.87. The Morgan fingerprint density at radius 1 is 1.32 bits per heavy atom. The van der Waals surface area contributed by atoms with Gasteiger partial charge in [0.15, 0.2) is 0 Å². The Morgan fingerprint density at radius 3 is 2.84 bits per heavy atom. The van der Waals surface area contributed by atoms with Gasteiger partial charge in [-0.25, -0.2) is 0 Å². The molecule has 2 heterocycles. The van der Waals surface area contributed by atoms with Gasteiger partial charge in [0.2, 0.25) is 16.9 Å². The number of hydrogen-bond acceptors (Lipinski definition) is 5. The van der Waals surface area contributed by atoms with E-state index in [0.717, 1.165) is 29.1 Å². The molecule has 0 spiro atoms. The van der Waals surface area contributed by atoms with E-state index in [2.05, 4.69) is 22.4 Å². The molecule has 2 aromatic rings. The summed E-state index contributed by atoms with van der Waals surface area (Å²) in [7, 11) is 0. The Kier molecular flexibility index (Phi) is 5.13. The standard InChI is InChI=1S/C18H22N4O2S/c1-4-5-15-20-21-18(25-15)19-17(24)13-9-16(23)22(10-13)14-7-6-11(2)12(3)8-14/h6-8,13H,4-5,9-10H2,1-3H3,(H,19,21,24). The van der Waals surface area contributed by atoms with Crippen LogP contribution in [0.2, 0.25) is 0 Å². The van der Waals surface area contributed by atoms with Gasteiger partial charge in [0.25, 0.3) is 0 Å². The SMILES string of the molecule is CCCc1nnc(NC(=O)C2CC(=O)N(c3ccc(C)c(C)c3)C2)s1. The molecular weight excluding hydrogens is 336 g/mol. The van der Waals surface area contributed by atoms with Gasteiger partial charge in [0.05, 0.1) is 5.92 Å². The number of hydrogen-bond donors (Lipinski definition) is 1. The number of carbonyl (C=O) groups is 2. The van der Waals surface area contributed by atoms with Crippen LogP contribution in [-0.4, -0.2) is 28.6 Å². The van der Waals surface area contributed by atoms with Crippen LogP contribution in [-0.2, 0) is 16.0 Å². The van der Waals surface area contributed by atoms with Crippen LogP contribution in [0.5, 0.6) is 0 Å². The van der Waals surface area contributed by atoms with E-state index in [-0.39, 0.29) is 24.2 Å². The predicted octanol–water partition coefficient (Wildman–Crippen LogP) is 3.10. The summed E-state index contributed by atoms with van der Waals surface area (Å²) in [4.78, 5) is 26.5. The number of amides is 2. The zero-order valence-electron chi connectivity index (χ0n) is 14.7.